The van der Waals surface area contributed by atoms with Crippen molar-refractivity contribution < 1.29 is 4.74 Å². The second-order valence-electron chi connectivity index (χ2n) is 5.49. The number of nitrogens with zero attached hydrogens (tertiary/aromatic N) is 3. The largest absolute Gasteiger partial charge is 0.492 e. The SMILES string of the molecule is CN(C)c1cccc(OCCN2CCC(C#N)CC2)c1. The van der Waals surface area contributed by atoms with Gasteiger partial charge in [-0.3, -0.25) is 4.90 Å². The summed E-state index contributed by atoms with van der Waals surface area (Å²) in [6.07, 6.45) is 1.99. The number of hydrogen-bond acceptors (Lipinski definition) is 4. The summed E-state index contributed by atoms with van der Waals surface area (Å²) < 4.78 is 5.82. The number of hydrogen-bond donors (Lipinski definition) is 0. The predicted molar refractivity (Wildman–Crippen MR) is 81.0 cm³/mol. The van der Waals surface area contributed by atoms with E-state index in [1.807, 2.05) is 26.2 Å². The van der Waals surface area contributed by atoms with E-state index in [4.69, 9.17) is 10.00 Å². The van der Waals surface area contributed by atoms with Gasteiger partial charge in [-0.15, -0.1) is 0 Å². The number of benzene rings is 1. The van der Waals surface area contributed by atoms with Crippen LogP contribution in [0.15, 0.2) is 24.3 Å². The minimum Gasteiger partial charge on any atom is -0.492 e. The van der Waals surface area contributed by atoms with E-state index in [0.29, 0.717) is 6.61 Å². The van der Waals surface area contributed by atoms with Gasteiger partial charge in [0.2, 0.25) is 0 Å². The van der Waals surface area contributed by atoms with Crippen molar-refractivity contribution in [2.75, 3.05) is 45.2 Å². The predicted octanol–water partition coefficient (Wildman–Crippen LogP) is 2.37. The van der Waals surface area contributed by atoms with Gasteiger partial charge < -0.3 is 9.64 Å². The average Bonchev–Trinajstić information content (AvgIpc) is 2.48. The maximum atomic E-state index is 8.88. The maximum absolute atomic E-state index is 8.88. The Hall–Kier alpha value is -1.73. The molecule has 1 aromatic rings. The summed E-state index contributed by atoms with van der Waals surface area (Å²) in [6, 6.07) is 10.5. The molecule has 0 saturated carbocycles. The number of ether oxygens (including phenoxy) is 1. The fraction of sp³-hybridized carbons (Fsp3) is 0.562. The van der Waals surface area contributed by atoms with Crippen LogP contribution in [0.3, 0.4) is 0 Å². The van der Waals surface area contributed by atoms with E-state index in [0.717, 1.165) is 43.9 Å². The van der Waals surface area contributed by atoms with Crippen LogP contribution in [-0.2, 0) is 0 Å². The summed E-state index contributed by atoms with van der Waals surface area (Å²) in [5.74, 6) is 1.17. The topological polar surface area (TPSA) is 39.5 Å². The zero-order valence-corrected chi connectivity index (χ0v) is 12.4. The molecule has 0 amide bonds. The summed E-state index contributed by atoms with van der Waals surface area (Å²) in [5.41, 5.74) is 1.15. The van der Waals surface area contributed by atoms with Crippen molar-refractivity contribution in [2.45, 2.75) is 12.8 Å². The van der Waals surface area contributed by atoms with Crippen LogP contribution in [0.5, 0.6) is 5.75 Å². The molecule has 1 fully saturated rings. The molecule has 0 unspecified atom stereocenters. The lowest BCUT2D eigenvalue weighted by atomic mass is 9.99. The Bertz CT molecular complexity index is 459. The number of piperidine rings is 1. The van der Waals surface area contributed by atoms with Crippen molar-refractivity contribution >= 4 is 5.69 Å². The Morgan fingerprint density at radius 1 is 1.35 bits per heavy atom. The molecule has 1 heterocycles. The van der Waals surface area contributed by atoms with E-state index in [9.17, 15) is 0 Å². The molecule has 1 aromatic carbocycles. The molecule has 4 heteroatoms. The van der Waals surface area contributed by atoms with E-state index in [2.05, 4.69) is 28.0 Å². The summed E-state index contributed by atoms with van der Waals surface area (Å²) in [5, 5.41) is 8.88. The van der Waals surface area contributed by atoms with Crippen molar-refractivity contribution in [2.24, 2.45) is 5.92 Å². The molecule has 0 bridgehead atoms. The van der Waals surface area contributed by atoms with Crippen LogP contribution < -0.4 is 9.64 Å². The molecule has 1 aliphatic rings. The molecule has 20 heavy (non-hydrogen) atoms. The fourth-order valence-electron chi connectivity index (χ4n) is 2.43. The van der Waals surface area contributed by atoms with Crippen LogP contribution in [0.4, 0.5) is 5.69 Å². The first-order valence-electron chi connectivity index (χ1n) is 7.21. The zero-order valence-electron chi connectivity index (χ0n) is 12.4. The van der Waals surface area contributed by atoms with Gasteiger partial charge in [0.1, 0.15) is 12.4 Å². The molecule has 1 saturated heterocycles. The van der Waals surface area contributed by atoms with E-state index in [-0.39, 0.29) is 5.92 Å². The summed E-state index contributed by atoms with van der Waals surface area (Å²) in [7, 11) is 4.05. The van der Waals surface area contributed by atoms with Crippen molar-refractivity contribution in [1.82, 2.24) is 4.90 Å². The zero-order chi connectivity index (χ0) is 14.4. The van der Waals surface area contributed by atoms with Gasteiger partial charge in [-0.25, -0.2) is 0 Å². The quantitative estimate of drug-likeness (QED) is 0.825. The minimum atomic E-state index is 0.254. The van der Waals surface area contributed by atoms with Gasteiger partial charge in [-0.05, 0) is 38.1 Å². The van der Waals surface area contributed by atoms with Gasteiger partial charge in [-0.1, -0.05) is 6.07 Å². The normalized spacial score (nSPS) is 16.6. The first-order valence-corrected chi connectivity index (χ1v) is 7.21. The Labute approximate surface area is 121 Å². The molecule has 0 radical (unpaired) electrons. The highest BCUT2D eigenvalue weighted by molar-refractivity contribution is 5.49. The minimum absolute atomic E-state index is 0.254. The highest BCUT2D eigenvalue weighted by atomic mass is 16.5. The van der Waals surface area contributed by atoms with Crippen LogP contribution in [0.2, 0.25) is 0 Å². The molecule has 0 spiro atoms. The molecule has 0 N–H and O–H groups in total. The number of rotatable bonds is 5. The highest BCUT2D eigenvalue weighted by Crippen LogP contribution is 2.20. The van der Waals surface area contributed by atoms with Crippen LogP contribution in [-0.4, -0.2) is 45.2 Å². The Morgan fingerprint density at radius 2 is 2.10 bits per heavy atom. The molecule has 0 aromatic heterocycles. The fourth-order valence-corrected chi connectivity index (χ4v) is 2.43. The Balaban J connectivity index is 1.74. The lowest BCUT2D eigenvalue weighted by molar-refractivity contribution is 0.169. The second-order valence-corrected chi connectivity index (χ2v) is 5.49. The third-order valence-electron chi connectivity index (χ3n) is 3.78. The van der Waals surface area contributed by atoms with Crippen molar-refractivity contribution in [1.29, 1.82) is 5.26 Å². The third-order valence-corrected chi connectivity index (χ3v) is 3.78. The van der Waals surface area contributed by atoms with Gasteiger partial charge in [0.25, 0.3) is 0 Å². The Morgan fingerprint density at radius 3 is 2.75 bits per heavy atom. The number of likely N-dealkylation sites (tertiary alicyclic amines) is 1. The number of anilines is 1. The van der Waals surface area contributed by atoms with E-state index < -0.39 is 0 Å². The monoisotopic (exact) mass is 273 g/mol. The van der Waals surface area contributed by atoms with Crippen molar-refractivity contribution in [3.8, 4) is 11.8 Å². The lowest BCUT2D eigenvalue weighted by Crippen LogP contribution is -2.36. The molecular formula is C16H23N3O. The van der Waals surface area contributed by atoms with Gasteiger partial charge in [0, 0.05) is 38.3 Å². The van der Waals surface area contributed by atoms with Crippen LogP contribution in [0.25, 0.3) is 0 Å². The standard InChI is InChI=1S/C16H23N3O/c1-18(2)15-4-3-5-16(12-15)20-11-10-19-8-6-14(13-17)7-9-19/h3-5,12,14H,6-11H2,1-2H3. The second kappa shape index (κ2) is 7.16. The molecule has 0 atom stereocenters. The first-order chi connectivity index (χ1) is 9.69. The maximum Gasteiger partial charge on any atom is 0.121 e. The van der Waals surface area contributed by atoms with E-state index >= 15 is 0 Å². The number of nitriles is 1. The third kappa shape index (κ3) is 4.14. The molecule has 108 valence electrons. The molecule has 0 aliphatic carbocycles. The Kier molecular flexibility index (Phi) is 5.25. The lowest BCUT2D eigenvalue weighted by Gasteiger charge is -2.28. The van der Waals surface area contributed by atoms with Crippen LogP contribution >= 0.6 is 0 Å². The highest BCUT2D eigenvalue weighted by Gasteiger charge is 2.18. The molecule has 1 aliphatic heterocycles. The summed E-state index contributed by atoms with van der Waals surface area (Å²) in [6.45, 7) is 3.66. The van der Waals surface area contributed by atoms with Crippen LogP contribution in [0.1, 0.15) is 12.8 Å². The first kappa shape index (κ1) is 14.7. The smallest absolute Gasteiger partial charge is 0.121 e. The van der Waals surface area contributed by atoms with Gasteiger partial charge in [-0.2, -0.15) is 5.26 Å². The summed E-state index contributed by atoms with van der Waals surface area (Å²) in [4.78, 5) is 4.45. The van der Waals surface area contributed by atoms with E-state index in [1.54, 1.807) is 0 Å². The summed E-state index contributed by atoms with van der Waals surface area (Å²) >= 11 is 0. The van der Waals surface area contributed by atoms with Gasteiger partial charge in [0.05, 0.1) is 6.07 Å². The van der Waals surface area contributed by atoms with Gasteiger partial charge in [0.15, 0.2) is 0 Å². The molecule has 4 nitrogen and oxygen atoms in total. The average molecular weight is 273 g/mol. The van der Waals surface area contributed by atoms with Gasteiger partial charge >= 0.3 is 0 Å². The van der Waals surface area contributed by atoms with E-state index in [1.165, 1.54) is 0 Å². The van der Waals surface area contributed by atoms with Crippen molar-refractivity contribution in [3.63, 3.8) is 0 Å². The van der Waals surface area contributed by atoms with Crippen LogP contribution in [0, 0.1) is 17.2 Å². The molecular weight excluding hydrogens is 250 g/mol. The van der Waals surface area contributed by atoms with Crippen molar-refractivity contribution in [3.05, 3.63) is 24.3 Å². The molecule has 2 rings (SSSR count).